The highest BCUT2D eigenvalue weighted by Gasteiger charge is 2.23. The van der Waals surface area contributed by atoms with E-state index in [-0.39, 0.29) is 17.5 Å². The van der Waals surface area contributed by atoms with E-state index in [0.717, 1.165) is 38.0 Å². The maximum atomic E-state index is 13.0. The highest BCUT2D eigenvalue weighted by atomic mass is 16.2. The third-order valence-electron chi connectivity index (χ3n) is 7.36. The summed E-state index contributed by atoms with van der Waals surface area (Å²) in [5.74, 6) is -1.79. The zero-order valence-electron chi connectivity index (χ0n) is 27.0. The molecule has 13 heteroatoms. The minimum Gasteiger partial charge on any atom is -0.352 e. The van der Waals surface area contributed by atoms with Gasteiger partial charge in [0.2, 0.25) is 6.04 Å². The van der Waals surface area contributed by atoms with E-state index in [1.807, 2.05) is 6.92 Å². The van der Waals surface area contributed by atoms with Gasteiger partial charge in [0.25, 0.3) is 17.7 Å². The summed E-state index contributed by atoms with van der Waals surface area (Å²) in [5.41, 5.74) is 3.51. The predicted octanol–water partition coefficient (Wildman–Crippen LogP) is 4.95. The fraction of sp³-hybridized carbons (Fsp3) is 0.324. The third kappa shape index (κ3) is 9.78. The molecule has 1 unspecified atom stereocenters. The van der Waals surface area contributed by atoms with Crippen LogP contribution in [0.4, 0.5) is 17.1 Å². The molecule has 4 rings (SSSR count). The molecular formula is C34H40N8O5. The number of fused-ring (bicyclic) bond motifs is 1. The fourth-order valence-corrected chi connectivity index (χ4v) is 4.98. The van der Waals surface area contributed by atoms with Gasteiger partial charge in [0, 0.05) is 29.0 Å². The van der Waals surface area contributed by atoms with Crippen LogP contribution >= 0.6 is 0 Å². The average Bonchev–Trinajstić information content (AvgIpc) is 3.41. The van der Waals surface area contributed by atoms with Crippen LogP contribution in [0, 0.1) is 6.92 Å². The Balaban J connectivity index is 1.34. The van der Waals surface area contributed by atoms with Gasteiger partial charge < -0.3 is 30.8 Å². The quantitative estimate of drug-likeness (QED) is 0.0696. The molecule has 0 aliphatic rings. The van der Waals surface area contributed by atoms with Crippen LogP contribution in [-0.2, 0) is 9.59 Å². The number of nitrogens with one attached hydrogen (secondary N) is 5. The molecule has 4 aromatic rings. The first-order valence-corrected chi connectivity index (χ1v) is 15.5. The second kappa shape index (κ2) is 16.2. The Morgan fingerprint density at radius 1 is 0.830 bits per heavy atom. The number of carbonyl (C=O) groups is 4. The molecule has 13 nitrogen and oxygen atoms in total. The number of hydrogen-bond acceptors (Lipinski definition) is 8. The number of carbonyl (C=O) groups excluding carboxylic acids is 4. The number of aromatic nitrogens is 2. The van der Waals surface area contributed by atoms with Gasteiger partial charge in [-0.2, -0.15) is 10.2 Å². The lowest BCUT2D eigenvalue weighted by Crippen LogP contribution is -2.31. The van der Waals surface area contributed by atoms with Crippen molar-refractivity contribution in [1.82, 2.24) is 20.2 Å². The molecule has 0 aliphatic heterocycles. The number of aromatic amines is 2. The molecule has 0 aliphatic carbocycles. The fourth-order valence-electron chi connectivity index (χ4n) is 4.98. The zero-order valence-corrected chi connectivity index (χ0v) is 27.0. The molecule has 0 radical (unpaired) electrons. The first kappa shape index (κ1) is 34.4. The summed E-state index contributed by atoms with van der Waals surface area (Å²) in [5, 5.41) is 16.4. The topological polar surface area (TPSA) is 181 Å². The van der Waals surface area contributed by atoms with Gasteiger partial charge in [-0.25, -0.2) is 4.79 Å². The normalized spacial score (nSPS) is 11.9. The van der Waals surface area contributed by atoms with Crippen molar-refractivity contribution >= 4 is 51.6 Å². The molecule has 3 aromatic carbocycles. The van der Waals surface area contributed by atoms with Crippen LogP contribution in [-0.4, -0.2) is 70.6 Å². The van der Waals surface area contributed by atoms with Crippen molar-refractivity contribution in [1.29, 1.82) is 0 Å². The van der Waals surface area contributed by atoms with E-state index in [1.165, 1.54) is 6.92 Å². The average molecular weight is 641 g/mol. The number of rotatable bonds is 15. The lowest BCUT2D eigenvalue weighted by molar-refractivity contribution is -0.126. The Labute approximate surface area is 272 Å². The third-order valence-corrected chi connectivity index (χ3v) is 7.36. The summed E-state index contributed by atoms with van der Waals surface area (Å²) in [6.07, 6.45) is 1.94. The van der Waals surface area contributed by atoms with Crippen molar-refractivity contribution in [2.45, 2.75) is 46.6 Å². The lowest BCUT2D eigenvalue weighted by atomic mass is 10.1. The number of anilines is 2. The predicted molar refractivity (Wildman–Crippen MR) is 181 cm³/mol. The maximum absolute atomic E-state index is 13.0. The number of azo groups is 1. The number of hydrogen-bond donors (Lipinski definition) is 5. The number of aryl methyl sites for hydroxylation is 1. The van der Waals surface area contributed by atoms with Crippen LogP contribution in [0.3, 0.4) is 0 Å². The molecule has 0 fully saturated rings. The van der Waals surface area contributed by atoms with E-state index in [9.17, 15) is 24.0 Å². The Kier molecular flexibility index (Phi) is 11.9. The number of ketones is 1. The van der Waals surface area contributed by atoms with Gasteiger partial charge in [-0.1, -0.05) is 13.8 Å². The molecule has 0 spiro atoms. The minimum absolute atomic E-state index is 0.201. The maximum Gasteiger partial charge on any atom is 0.323 e. The van der Waals surface area contributed by atoms with Gasteiger partial charge in [-0.3, -0.25) is 19.2 Å². The molecule has 246 valence electrons. The number of benzene rings is 3. The van der Waals surface area contributed by atoms with Gasteiger partial charge in [-0.15, -0.1) is 0 Å². The van der Waals surface area contributed by atoms with Crippen LogP contribution in [0.2, 0.25) is 0 Å². The molecule has 3 amide bonds. The zero-order chi connectivity index (χ0) is 33.9. The standard InChI is InChI=1S/C34H40N8O5/c1-5-15-42(6-2)16-7-14-35-31(44)24-17-21(3)18-27(19-24)37-32(45)23-8-10-25(11-9-23)40-41-30(22(4)43)33(46)36-26-12-13-28-29(20-26)39-34(47)38-28/h8-13,17-20,30H,5-7,14-16H2,1-4H3,(H,35,44)(H,36,46)(H,37,45)(H2,38,39,47)/b41-40+. The van der Waals surface area contributed by atoms with E-state index in [1.54, 1.807) is 60.7 Å². The Hall–Kier alpha value is -5.43. The van der Waals surface area contributed by atoms with E-state index in [2.05, 4.69) is 54.9 Å². The highest BCUT2D eigenvalue weighted by molar-refractivity contribution is 6.10. The van der Waals surface area contributed by atoms with Gasteiger partial charge in [-0.05, 0) is 113 Å². The number of Topliss-reactive ketones (excluding diaryl/α,β-unsaturated/α-hetero) is 1. The minimum atomic E-state index is -1.40. The highest BCUT2D eigenvalue weighted by Crippen LogP contribution is 2.20. The Morgan fingerprint density at radius 2 is 1.57 bits per heavy atom. The van der Waals surface area contributed by atoms with Crippen molar-refractivity contribution in [3.8, 4) is 0 Å². The molecule has 1 heterocycles. The smallest absolute Gasteiger partial charge is 0.323 e. The lowest BCUT2D eigenvalue weighted by Gasteiger charge is -2.19. The Morgan fingerprint density at radius 3 is 2.28 bits per heavy atom. The summed E-state index contributed by atoms with van der Waals surface area (Å²) in [6.45, 7) is 10.9. The number of H-pyrrole nitrogens is 2. The SMILES string of the molecule is CCCN(CC)CCCNC(=O)c1cc(C)cc(NC(=O)c2ccc(/N=N/C(C(C)=O)C(=O)Nc3ccc4[nH]c(=O)[nH]c4c3)cc2)c1. The van der Waals surface area contributed by atoms with Crippen LogP contribution in [0.15, 0.2) is 75.7 Å². The number of imidazole rings is 1. The van der Waals surface area contributed by atoms with Gasteiger partial charge in [0.1, 0.15) is 0 Å². The van der Waals surface area contributed by atoms with E-state index >= 15 is 0 Å². The van der Waals surface area contributed by atoms with Gasteiger partial charge in [0.05, 0.1) is 16.7 Å². The van der Waals surface area contributed by atoms with E-state index < -0.39 is 17.7 Å². The number of nitrogens with zero attached hydrogens (tertiary/aromatic N) is 3. The van der Waals surface area contributed by atoms with Crippen molar-refractivity contribution in [2.24, 2.45) is 10.2 Å². The molecule has 0 bridgehead atoms. The van der Waals surface area contributed by atoms with Crippen molar-refractivity contribution in [3.63, 3.8) is 0 Å². The summed E-state index contributed by atoms with van der Waals surface area (Å²) >= 11 is 0. The van der Waals surface area contributed by atoms with Crippen molar-refractivity contribution in [3.05, 3.63) is 87.8 Å². The summed E-state index contributed by atoms with van der Waals surface area (Å²) in [7, 11) is 0. The molecule has 0 saturated heterocycles. The van der Waals surface area contributed by atoms with Crippen molar-refractivity contribution in [2.75, 3.05) is 36.8 Å². The largest absolute Gasteiger partial charge is 0.352 e. The summed E-state index contributed by atoms with van der Waals surface area (Å²) in [4.78, 5) is 69.8. The van der Waals surface area contributed by atoms with E-state index in [4.69, 9.17) is 0 Å². The van der Waals surface area contributed by atoms with Crippen LogP contribution in [0.1, 0.15) is 59.9 Å². The first-order valence-electron chi connectivity index (χ1n) is 15.5. The molecule has 1 atom stereocenters. The molecular weight excluding hydrogens is 600 g/mol. The summed E-state index contributed by atoms with van der Waals surface area (Å²) < 4.78 is 0. The van der Waals surface area contributed by atoms with Gasteiger partial charge in [0.15, 0.2) is 5.78 Å². The van der Waals surface area contributed by atoms with Crippen LogP contribution < -0.4 is 21.6 Å². The van der Waals surface area contributed by atoms with Crippen LogP contribution in [0.25, 0.3) is 11.0 Å². The molecule has 47 heavy (non-hydrogen) atoms. The molecule has 1 aromatic heterocycles. The van der Waals surface area contributed by atoms with Crippen molar-refractivity contribution < 1.29 is 19.2 Å². The Bertz CT molecular complexity index is 1830. The summed E-state index contributed by atoms with van der Waals surface area (Å²) in [6, 6.07) is 14.7. The van der Waals surface area contributed by atoms with E-state index in [0.29, 0.717) is 45.8 Å². The molecule has 5 N–H and O–H groups in total. The monoisotopic (exact) mass is 640 g/mol. The second-order valence-electron chi connectivity index (χ2n) is 11.2. The van der Waals surface area contributed by atoms with Gasteiger partial charge >= 0.3 is 5.69 Å². The first-order chi connectivity index (χ1) is 22.6. The second-order valence-corrected chi connectivity index (χ2v) is 11.2. The van der Waals surface area contributed by atoms with Crippen LogP contribution in [0.5, 0.6) is 0 Å². The molecule has 0 saturated carbocycles. The number of amides is 3.